The highest BCUT2D eigenvalue weighted by Gasteiger charge is 2.38. The van der Waals surface area contributed by atoms with E-state index in [0.29, 0.717) is 39.0 Å². The van der Waals surface area contributed by atoms with E-state index in [4.69, 9.17) is 4.74 Å². The van der Waals surface area contributed by atoms with Crippen LogP contribution in [-0.2, 0) is 19.6 Å². The van der Waals surface area contributed by atoms with Crippen LogP contribution in [-0.4, -0.2) is 74.2 Å². The molecule has 1 aromatic rings. The molecule has 1 unspecified atom stereocenters. The zero-order chi connectivity index (χ0) is 20.1. The van der Waals surface area contributed by atoms with E-state index in [0.717, 1.165) is 18.2 Å². The fraction of sp³-hybridized carbons (Fsp3) is 0.688. The Morgan fingerprint density at radius 2 is 2.04 bits per heavy atom. The highest BCUT2D eigenvalue weighted by atomic mass is 32.2. The molecule has 0 bridgehead atoms. The highest BCUT2D eigenvalue weighted by Crippen LogP contribution is 2.23. The van der Waals surface area contributed by atoms with E-state index >= 15 is 0 Å². The topological polar surface area (TPSA) is 121 Å². The maximum atomic E-state index is 12.4. The molecule has 28 heavy (non-hydrogen) atoms. The van der Waals surface area contributed by atoms with Crippen LogP contribution in [0.15, 0.2) is 5.38 Å². The fourth-order valence-electron chi connectivity index (χ4n) is 3.24. The number of anilines is 1. The van der Waals surface area contributed by atoms with Crippen LogP contribution in [0.25, 0.3) is 0 Å². The molecule has 2 N–H and O–H groups in total. The lowest BCUT2D eigenvalue weighted by atomic mass is 10.2. The molecule has 1 atom stereocenters. The van der Waals surface area contributed by atoms with Crippen molar-refractivity contribution in [2.24, 2.45) is 0 Å². The zero-order valence-electron chi connectivity index (χ0n) is 15.7. The van der Waals surface area contributed by atoms with Gasteiger partial charge in [0.1, 0.15) is 11.7 Å². The predicted molar refractivity (Wildman–Crippen MR) is 105 cm³/mol. The van der Waals surface area contributed by atoms with Gasteiger partial charge in [0.25, 0.3) is 11.8 Å². The van der Waals surface area contributed by atoms with Gasteiger partial charge < -0.3 is 9.64 Å². The van der Waals surface area contributed by atoms with E-state index < -0.39 is 27.9 Å². The number of rotatable bonds is 6. The monoisotopic (exact) mass is 431 g/mol. The van der Waals surface area contributed by atoms with Crippen LogP contribution in [0, 0.1) is 0 Å². The van der Waals surface area contributed by atoms with Crippen molar-refractivity contribution in [1.29, 1.82) is 0 Å². The summed E-state index contributed by atoms with van der Waals surface area (Å²) < 4.78 is 31.1. The first-order valence-corrected chi connectivity index (χ1v) is 11.8. The Bertz CT molecular complexity index is 806. The minimum atomic E-state index is -3.47. The summed E-state index contributed by atoms with van der Waals surface area (Å²) in [5.41, 5.74) is 4.88. The van der Waals surface area contributed by atoms with Crippen molar-refractivity contribution in [1.82, 2.24) is 20.1 Å². The van der Waals surface area contributed by atoms with E-state index in [1.807, 2.05) is 4.90 Å². The van der Waals surface area contributed by atoms with Crippen molar-refractivity contribution in [2.75, 3.05) is 43.5 Å². The third kappa shape index (κ3) is 4.80. The largest absolute Gasteiger partial charge is 0.378 e. The lowest BCUT2D eigenvalue weighted by Crippen LogP contribution is -2.51. The van der Waals surface area contributed by atoms with Gasteiger partial charge in [-0.25, -0.2) is 13.4 Å². The van der Waals surface area contributed by atoms with Crippen LogP contribution in [0.1, 0.15) is 36.7 Å². The first-order valence-electron chi connectivity index (χ1n) is 9.30. The zero-order valence-corrected chi connectivity index (χ0v) is 17.4. The molecule has 0 aromatic carbocycles. The number of thiazole rings is 1. The number of nitrogens with zero attached hydrogens (tertiary/aromatic N) is 3. The predicted octanol–water partition coefficient (Wildman–Crippen LogP) is -0.0551. The van der Waals surface area contributed by atoms with E-state index in [1.54, 1.807) is 12.3 Å². The molecule has 0 spiro atoms. The number of ether oxygens (including phenoxy) is 1. The van der Waals surface area contributed by atoms with Crippen molar-refractivity contribution in [3.63, 3.8) is 0 Å². The van der Waals surface area contributed by atoms with Crippen LogP contribution in [0.3, 0.4) is 0 Å². The summed E-state index contributed by atoms with van der Waals surface area (Å²) in [6, 6.07) is -0.795. The summed E-state index contributed by atoms with van der Waals surface area (Å²) in [6.07, 6.45) is 1.53. The van der Waals surface area contributed by atoms with Gasteiger partial charge in [0.15, 0.2) is 5.13 Å². The molecule has 0 aliphatic carbocycles. The molecule has 2 aliphatic rings. The Balaban J connectivity index is 1.55. The van der Waals surface area contributed by atoms with Gasteiger partial charge in [-0.05, 0) is 19.3 Å². The van der Waals surface area contributed by atoms with Gasteiger partial charge in [-0.15, -0.1) is 11.3 Å². The van der Waals surface area contributed by atoms with E-state index in [9.17, 15) is 18.0 Å². The quantitative estimate of drug-likeness (QED) is 0.606. The number of hydrogen-bond acceptors (Lipinski definition) is 8. The highest BCUT2D eigenvalue weighted by molar-refractivity contribution is 7.89. The van der Waals surface area contributed by atoms with Gasteiger partial charge in [0, 0.05) is 25.0 Å². The molecule has 1 aromatic heterocycles. The summed E-state index contributed by atoms with van der Waals surface area (Å²) >= 11 is 1.35. The Morgan fingerprint density at radius 1 is 1.29 bits per heavy atom. The van der Waals surface area contributed by atoms with Crippen LogP contribution >= 0.6 is 11.3 Å². The molecule has 0 radical (unpaired) electrons. The van der Waals surface area contributed by atoms with Crippen molar-refractivity contribution < 1.29 is 22.7 Å². The molecule has 0 saturated carbocycles. The molecule has 2 amide bonds. The second kappa shape index (κ2) is 9.16. The maximum Gasteiger partial charge on any atom is 0.289 e. The van der Waals surface area contributed by atoms with Crippen molar-refractivity contribution in [3.05, 3.63) is 11.1 Å². The van der Waals surface area contributed by atoms with Gasteiger partial charge in [0.2, 0.25) is 10.0 Å². The normalized spacial score (nSPS) is 20.9. The number of carbonyl (C=O) groups excluding carboxylic acids is 2. The Morgan fingerprint density at radius 3 is 2.75 bits per heavy atom. The molecular weight excluding hydrogens is 406 g/mol. The average Bonchev–Trinajstić information content (AvgIpc) is 3.36. The Labute approximate surface area is 168 Å². The smallest absolute Gasteiger partial charge is 0.289 e. The number of sulfonamides is 1. The van der Waals surface area contributed by atoms with Crippen LogP contribution < -0.4 is 15.8 Å². The van der Waals surface area contributed by atoms with E-state index in [1.165, 1.54) is 15.6 Å². The fourth-order valence-corrected chi connectivity index (χ4v) is 5.85. The Hall–Kier alpha value is -1.76. The van der Waals surface area contributed by atoms with Gasteiger partial charge in [-0.3, -0.25) is 20.4 Å². The minimum Gasteiger partial charge on any atom is -0.378 e. The second-order valence-electron chi connectivity index (χ2n) is 6.64. The SMILES string of the molecule is CCCS(=O)(=O)N1CCCC1C(=O)NNC(=O)c1csc(N2CCOCC2)n1. The number of hydrazine groups is 1. The minimum absolute atomic E-state index is 0.00623. The van der Waals surface area contributed by atoms with Crippen LogP contribution in [0.5, 0.6) is 0 Å². The van der Waals surface area contributed by atoms with Crippen molar-refractivity contribution in [2.45, 2.75) is 32.2 Å². The van der Waals surface area contributed by atoms with Crippen molar-refractivity contribution in [3.8, 4) is 0 Å². The number of nitrogens with one attached hydrogen (secondary N) is 2. The molecule has 3 rings (SSSR count). The number of carbonyl (C=O) groups is 2. The Kier molecular flexibility index (Phi) is 6.86. The average molecular weight is 432 g/mol. The molecule has 2 aliphatic heterocycles. The summed E-state index contributed by atoms with van der Waals surface area (Å²) in [5.74, 6) is -1.06. The number of hydrogen-bond donors (Lipinski definition) is 2. The number of aromatic nitrogens is 1. The third-order valence-electron chi connectivity index (χ3n) is 4.63. The van der Waals surface area contributed by atoms with E-state index in [-0.39, 0.29) is 11.4 Å². The summed E-state index contributed by atoms with van der Waals surface area (Å²) in [4.78, 5) is 31.1. The third-order valence-corrected chi connectivity index (χ3v) is 7.61. The molecule has 2 fully saturated rings. The van der Waals surface area contributed by atoms with Crippen molar-refractivity contribution >= 4 is 38.3 Å². The molecule has 2 saturated heterocycles. The molecule has 10 nitrogen and oxygen atoms in total. The van der Waals surface area contributed by atoms with Gasteiger partial charge in [-0.2, -0.15) is 4.31 Å². The number of morpholine rings is 1. The van der Waals surface area contributed by atoms with Crippen LogP contribution in [0.4, 0.5) is 5.13 Å². The van der Waals surface area contributed by atoms with Gasteiger partial charge in [0.05, 0.1) is 19.0 Å². The van der Waals surface area contributed by atoms with Gasteiger partial charge >= 0.3 is 0 Å². The van der Waals surface area contributed by atoms with Crippen LogP contribution in [0.2, 0.25) is 0 Å². The number of amides is 2. The lowest BCUT2D eigenvalue weighted by Gasteiger charge is -2.26. The van der Waals surface area contributed by atoms with E-state index in [2.05, 4.69) is 15.8 Å². The summed E-state index contributed by atoms with van der Waals surface area (Å²) in [6.45, 7) is 4.78. The molecule has 12 heteroatoms. The molecular formula is C16H25N5O5S2. The second-order valence-corrected chi connectivity index (χ2v) is 9.52. The molecule has 3 heterocycles. The first-order chi connectivity index (χ1) is 13.4. The van der Waals surface area contributed by atoms with Gasteiger partial charge in [-0.1, -0.05) is 6.92 Å². The summed E-state index contributed by atoms with van der Waals surface area (Å²) in [7, 11) is -3.47. The molecule has 156 valence electrons. The first kappa shape index (κ1) is 21.0. The summed E-state index contributed by atoms with van der Waals surface area (Å²) in [5, 5.41) is 2.35. The maximum absolute atomic E-state index is 12.4. The standard InChI is InChI=1S/C16H25N5O5S2/c1-2-10-28(24,25)21-5-3-4-13(21)15(23)19-18-14(22)12-11-27-16(17-12)20-6-8-26-9-7-20/h11,13H,2-10H2,1H3,(H,18,22)(H,19,23). The lowest BCUT2D eigenvalue weighted by molar-refractivity contribution is -0.125.